The van der Waals surface area contributed by atoms with Gasteiger partial charge in [-0.25, -0.2) is 0 Å². The number of hydrogen-bond donors (Lipinski definition) is 0. The lowest BCUT2D eigenvalue weighted by molar-refractivity contribution is 0.476. The Morgan fingerprint density at radius 1 is 0.810 bits per heavy atom. The van der Waals surface area contributed by atoms with Gasteiger partial charge in [0, 0.05) is 10.8 Å². The van der Waals surface area contributed by atoms with Crippen LogP contribution in [0.4, 0.5) is 0 Å². The standard InChI is InChI=1S/C18H10ClNO/c19-12-6-4-8-14-17(12)11-5-3-10-16-18(11)20(14)13-7-1-2-9-15(13)21-16/h1-10H. The van der Waals surface area contributed by atoms with E-state index in [9.17, 15) is 0 Å². The lowest BCUT2D eigenvalue weighted by atomic mass is 10.1. The number of para-hydroxylation sites is 3. The molecule has 0 saturated carbocycles. The first-order valence-electron chi connectivity index (χ1n) is 6.83. The van der Waals surface area contributed by atoms with E-state index in [-0.39, 0.29) is 0 Å². The van der Waals surface area contributed by atoms with E-state index in [4.69, 9.17) is 16.3 Å². The molecule has 1 aliphatic rings. The largest absolute Gasteiger partial charge is 0.453 e. The van der Waals surface area contributed by atoms with Gasteiger partial charge in [-0.2, -0.15) is 0 Å². The normalized spacial score (nSPS) is 12.4. The number of hydrogen-bond acceptors (Lipinski definition) is 1. The number of benzene rings is 3. The summed E-state index contributed by atoms with van der Waals surface area (Å²) < 4.78 is 8.30. The van der Waals surface area contributed by atoms with Crippen molar-refractivity contribution in [1.82, 2.24) is 4.57 Å². The highest BCUT2D eigenvalue weighted by molar-refractivity contribution is 6.38. The summed E-state index contributed by atoms with van der Waals surface area (Å²) in [6, 6.07) is 20.2. The van der Waals surface area contributed by atoms with E-state index in [1.807, 2.05) is 42.5 Å². The van der Waals surface area contributed by atoms with Crippen molar-refractivity contribution in [2.24, 2.45) is 0 Å². The molecule has 5 rings (SSSR count). The van der Waals surface area contributed by atoms with Crippen molar-refractivity contribution in [3.05, 3.63) is 65.7 Å². The van der Waals surface area contributed by atoms with Crippen molar-refractivity contribution in [3.8, 4) is 17.2 Å². The molecule has 0 bridgehead atoms. The second-order valence-corrected chi connectivity index (χ2v) is 5.60. The van der Waals surface area contributed by atoms with Gasteiger partial charge in [-0.05, 0) is 30.3 Å². The van der Waals surface area contributed by atoms with Crippen LogP contribution in [-0.2, 0) is 0 Å². The molecule has 3 heteroatoms. The molecule has 2 nitrogen and oxygen atoms in total. The van der Waals surface area contributed by atoms with Crippen molar-refractivity contribution in [1.29, 1.82) is 0 Å². The molecule has 3 aromatic carbocycles. The second-order valence-electron chi connectivity index (χ2n) is 5.19. The van der Waals surface area contributed by atoms with Crippen molar-refractivity contribution in [2.45, 2.75) is 0 Å². The topological polar surface area (TPSA) is 14.2 Å². The Hall–Kier alpha value is -2.45. The zero-order chi connectivity index (χ0) is 14.0. The molecule has 0 fully saturated rings. The number of nitrogens with zero attached hydrogens (tertiary/aromatic N) is 1. The highest BCUT2D eigenvalue weighted by atomic mass is 35.5. The Morgan fingerprint density at radius 3 is 2.57 bits per heavy atom. The summed E-state index contributed by atoms with van der Waals surface area (Å²) in [6.07, 6.45) is 0. The monoisotopic (exact) mass is 291 g/mol. The summed E-state index contributed by atoms with van der Waals surface area (Å²) in [5.74, 6) is 1.74. The number of ether oxygens (including phenoxy) is 1. The van der Waals surface area contributed by atoms with Crippen molar-refractivity contribution in [2.75, 3.05) is 0 Å². The maximum absolute atomic E-state index is 6.45. The van der Waals surface area contributed by atoms with Gasteiger partial charge in [-0.3, -0.25) is 0 Å². The summed E-state index contributed by atoms with van der Waals surface area (Å²) in [6.45, 7) is 0. The van der Waals surface area contributed by atoms with Gasteiger partial charge in [0.15, 0.2) is 11.5 Å². The van der Waals surface area contributed by atoms with Gasteiger partial charge in [0.2, 0.25) is 0 Å². The fraction of sp³-hybridized carbons (Fsp3) is 0. The number of fused-ring (bicyclic) bond motifs is 5. The molecular weight excluding hydrogens is 282 g/mol. The third-order valence-electron chi connectivity index (χ3n) is 4.05. The summed E-state index contributed by atoms with van der Waals surface area (Å²) in [5, 5.41) is 2.98. The zero-order valence-corrected chi connectivity index (χ0v) is 11.8. The molecular formula is C18H10ClNO. The first-order valence-corrected chi connectivity index (χ1v) is 7.21. The van der Waals surface area contributed by atoms with E-state index in [0.29, 0.717) is 0 Å². The number of aromatic nitrogens is 1. The highest BCUT2D eigenvalue weighted by Gasteiger charge is 2.23. The fourth-order valence-corrected chi connectivity index (χ4v) is 3.49. The summed E-state index contributed by atoms with van der Waals surface area (Å²) in [4.78, 5) is 0. The Bertz CT molecular complexity index is 1030. The summed E-state index contributed by atoms with van der Waals surface area (Å²) >= 11 is 6.45. The minimum Gasteiger partial charge on any atom is -0.453 e. The molecule has 1 aromatic heterocycles. The highest BCUT2D eigenvalue weighted by Crippen LogP contribution is 2.46. The van der Waals surface area contributed by atoms with E-state index < -0.39 is 0 Å². The molecule has 1 aliphatic heterocycles. The molecule has 0 amide bonds. The quantitative estimate of drug-likeness (QED) is 0.365. The Balaban J connectivity index is 2.13. The molecule has 0 atom stereocenters. The lowest BCUT2D eigenvalue weighted by Crippen LogP contribution is -2.03. The molecule has 2 heterocycles. The lowest BCUT2D eigenvalue weighted by Gasteiger charge is -2.20. The molecule has 0 N–H and O–H groups in total. The van der Waals surface area contributed by atoms with Crippen molar-refractivity contribution < 1.29 is 4.74 Å². The molecule has 0 radical (unpaired) electrons. The molecule has 100 valence electrons. The maximum Gasteiger partial charge on any atom is 0.152 e. The van der Waals surface area contributed by atoms with Gasteiger partial charge in [-0.1, -0.05) is 41.9 Å². The van der Waals surface area contributed by atoms with Crippen LogP contribution in [0.3, 0.4) is 0 Å². The smallest absolute Gasteiger partial charge is 0.152 e. The van der Waals surface area contributed by atoms with Gasteiger partial charge >= 0.3 is 0 Å². The third-order valence-corrected chi connectivity index (χ3v) is 4.37. The van der Waals surface area contributed by atoms with Crippen LogP contribution in [0.25, 0.3) is 27.5 Å². The van der Waals surface area contributed by atoms with Crippen LogP contribution in [-0.4, -0.2) is 4.57 Å². The summed E-state index contributed by atoms with van der Waals surface area (Å²) in [5.41, 5.74) is 3.25. The molecule has 0 unspecified atom stereocenters. The van der Waals surface area contributed by atoms with Crippen molar-refractivity contribution in [3.63, 3.8) is 0 Å². The predicted octanol–water partition coefficient (Wildman–Crippen LogP) is 5.54. The van der Waals surface area contributed by atoms with Crippen LogP contribution < -0.4 is 4.74 Å². The minimum absolute atomic E-state index is 0.771. The van der Waals surface area contributed by atoms with Crippen LogP contribution in [0.1, 0.15) is 0 Å². The van der Waals surface area contributed by atoms with Gasteiger partial charge in [0.05, 0.1) is 21.7 Å². The number of halogens is 1. The SMILES string of the molecule is Clc1cccc2c1c1cccc3c1n2-c1ccccc1O3. The molecule has 0 aliphatic carbocycles. The van der Waals surface area contributed by atoms with E-state index in [2.05, 4.69) is 22.8 Å². The zero-order valence-electron chi connectivity index (χ0n) is 11.0. The molecule has 4 aromatic rings. The first kappa shape index (κ1) is 11.2. The predicted molar refractivity (Wildman–Crippen MR) is 85.9 cm³/mol. The average molecular weight is 292 g/mol. The third kappa shape index (κ3) is 1.33. The van der Waals surface area contributed by atoms with E-state index in [0.717, 1.165) is 44.0 Å². The molecule has 0 saturated heterocycles. The number of rotatable bonds is 0. The minimum atomic E-state index is 0.771. The Kier molecular flexibility index (Phi) is 2.04. The van der Waals surface area contributed by atoms with Gasteiger partial charge in [-0.15, -0.1) is 0 Å². The van der Waals surface area contributed by atoms with Crippen molar-refractivity contribution >= 4 is 33.4 Å². The fourth-order valence-electron chi connectivity index (χ4n) is 3.22. The van der Waals surface area contributed by atoms with Gasteiger partial charge in [0.1, 0.15) is 0 Å². The van der Waals surface area contributed by atoms with E-state index >= 15 is 0 Å². The Morgan fingerprint density at radius 2 is 1.62 bits per heavy atom. The van der Waals surface area contributed by atoms with Crippen LogP contribution >= 0.6 is 11.6 Å². The maximum atomic E-state index is 6.45. The average Bonchev–Trinajstić information content (AvgIpc) is 2.86. The van der Waals surface area contributed by atoms with Gasteiger partial charge in [0.25, 0.3) is 0 Å². The first-order chi connectivity index (χ1) is 10.3. The van der Waals surface area contributed by atoms with E-state index in [1.165, 1.54) is 0 Å². The van der Waals surface area contributed by atoms with Crippen LogP contribution in [0, 0.1) is 0 Å². The summed E-state index contributed by atoms with van der Waals surface area (Å²) in [7, 11) is 0. The van der Waals surface area contributed by atoms with Crippen LogP contribution in [0.15, 0.2) is 60.7 Å². The van der Waals surface area contributed by atoms with Crippen LogP contribution in [0.2, 0.25) is 5.02 Å². The Labute approximate surface area is 126 Å². The van der Waals surface area contributed by atoms with Gasteiger partial charge < -0.3 is 9.30 Å². The molecule has 21 heavy (non-hydrogen) atoms. The molecule has 0 spiro atoms. The van der Waals surface area contributed by atoms with Crippen LogP contribution in [0.5, 0.6) is 11.5 Å². The van der Waals surface area contributed by atoms with E-state index in [1.54, 1.807) is 0 Å². The second kappa shape index (κ2) is 3.80.